The first-order valence-electron chi connectivity index (χ1n) is 7.19. The first-order chi connectivity index (χ1) is 9.99. The molecule has 2 rings (SSSR count). The number of benzene rings is 1. The van der Waals surface area contributed by atoms with Gasteiger partial charge in [0.2, 0.25) is 0 Å². The highest BCUT2D eigenvalue weighted by atomic mass is 35.5. The third kappa shape index (κ3) is 4.71. The molecule has 1 aromatic carbocycles. The topological polar surface area (TPSA) is 60.2 Å². The summed E-state index contributed by atoms with van der Waals surface area (Å²) in [5, 5.41) is 7.12. The van der Waals surface area contributed by atoms with Crippen LogP contribution in [0, 0.1) is 20.8 Å². The van der Waals surface area contributed by atoms with Gasteiger partial charge in [-0.15, -0.1) is 12.4 Å². The molecular weight excluding hydrogens is 302 g/mol. The fraction of sp³-hybridized carbons (Fsp3) is 0.500. The molecule has 0 amide bonds. The summed E-state index contributed by atoms with van der Waals surface area (Å²) in [6.07, 6.45) is 0.739. The Morgan fingerprint density at radius 3 is 2.45 bits per heavy atom. The smallest absolute Gasteiger partial charge is 0.264 e. The van der Waals surface area contributed by atoms with Crippen molar-refractivity contribution in [1.82, 2.24) is 15.5 Å². The van der Waals surface area contributed by atoms with Gasteiger partial charge < -0.3 is 14.6 Å². The summed E-state index contributed by atoms with van der Waals surface area (Å²) in [5.41, 5.74) is 3.48. The van der Waals surface area contributed by atoms with Crippen molar-refractivity contribution < 1.29 is 9.26 Å². The van der Waals surface area contributed by atoms with Gasteiger partial charge in [0.05, 0.1) is 0 Å². The van der Waals surface area contributed by atoms with Gasteiger partial charge in [-0.3, -0.25) is 0 Å². The number of aromatic nitrogens is 2. The van der Waals surface area contributed by atoms with E-state index in [1.165, 1.54) is 5.56 Å². The zero-order valence-electron chi connectivity index (χ0n) is 13.8. The van der Waals surface area contributed by atoms with Crippen molar-refractivity contribution in [2.24, 2.45) is 0 Å². The van der Waals surface area contributed by atoms with Crippen LogP contribution in [0.25, 0.3) is 0 Å². The number of likely N-dealkylation sites (N-methyl/N-ethyl adjacent to an activating group) is 1. The van der Waals surface area contributed by atoms with Crippen LogP contribution in [0.5, 0.6) is 5.75 Å². The van der Waals surface area contributed by atoms with Crippen LogP contribution in [-0.2, 0) is 13.0 Å². The Bertz CT molecular complexity index is 590. The number of rotatable bonds is 6. The van der Waals surface area contributed by atoms with Crippen molar-refractivity contribution in [3.05, 3.63) is 40.5 Å². The van der Waals surface area contributed by atoms with Crippen molar-refractivity contribution in [3.63, 3.8) is 0 Å². The number of hydrogen-bond donors (Lipinski definition) is 1. The van der Waals surface area contributed by atoms with Gasteiger partial charge in [-0.25, -0.2) is 0 Å². The van der Waals surface area contributed by atoms with Gasteiger partial charge in [0.25, 0.3) is 5.89 Å². The quantitative estimate of drug-likeness (QED) is 0.884. The molecule has 1 aromatic heterocycles. The maximum absolute atomic E-state index is 5.84. The summed E-state index contributed by atoms with van der Waals surface area (Å²) in [6.45, 7) is 8.54. The zero-order valence-corrected chi connectivity index (χ0v) is 14.6. The van der Waals surface area contributed by atoms with Crippen molar-refractivity contribution >= 4 is 12.4 Å². The molecule has 0 radical (unpaired) electrons. The molecule has 1 unspecified atom stereocenters. The normalized spacial score (nSPS) is 11.9. The molecule has 1 N–H and O–H groups in total. The minimum atomic E-state index is 0. The van der Waals surface area contributed by atoms with E-state index >= 15 is 0 Å². The van der Waals surface area contributed by atoms with Crippen molar-refractivity contribution in [2.45, 2.75) is 46.8 Å². The van der Waals surface area contributed by atoms with Crippen LogP contribution in [0.4, 0.5) is 0 Å². The van der Waals surface area contributed by atoms with E-state index in [0.717, 1.165) is 23.3 Å². The highest BCUT2D eigenvalue weighted by molar-refractivity contribution is 5.85. The van der Waals surface area contributed by atoms with Gasteiger partial charge in [0, 0.05) is 12.5 Å². The third-order valence-corrected chi connectivity index (χ3v) is 3.44. The maximum atomic E-state index is 5.84. The molecule has 22 heavy (non-hydrogen) atoms. The summed E-state index contributed by atoms with van der Waals surface area (Å²) in [6, 6.07) is 4.53. The van der Waals surface area contributed by atoms with E-state index in [1.54, 1.807) is 0 Å². The van der Waals surface area contributed by atoms with E-state index in [0.29, 0.717) is 24.4 Å². The average molecular weight is 326 g/mol. The fourth-order valence-electron chi connectivity index (χ4n) is 2.34. The molecule has 0 aliphatic rings. The van der Waals surface area contributed by atoms with Crippen LogP contribution < -0.4 is 10.1 Å². The van der Waals surface area contributed by atoms with E-state index in [2.05, 4.69) is 41.4 Å². The van der Waals surface area contributed by atoms with E-state index in [4.69, 9.17) is 9.26 Å². The fourth-order valence-corrected chi connectivity index (χ4v) is 2.34. The van der Waals surface area contributed by atoms with Crippen LogP contribution in [0.1, 0.15) is 35.3 Å². The van der Waals surface area contributed by atoms with Gasteiger partial charge in [0.1, 0.15) is 5.75 Å². The van der Waals surface area contributed by atoms with Gasteiger partial charge in [-0.2, -0.15) is 4.98 Å². The predicted molar refractivity (Wildman–Crippen MR) is 88.8 cm³/mol. The Hall–Kier alpha value is -1.59. The standard InChI is InChI=1S/C16H23N3O2.ClH/c1-10-6-11(2)16(12(3)7-10)20-9-15-18-14(19-21-15)8-13(4)17-5;/h6-7,13,17H,8-9H2,1-5H3;1H. The van der Waals surface area contributed by atoms with Gasteiger partial charge >= 0.3 is 0 Å². The Morgan fingerprint density at radius 1 is 1.23 bits per heavy atom. The Balaban J connectivity index is 0.00000242. The monoisotopic (exact) mass is 325 g/mol. The second-order valence-electron chi connectivity index (χ2n) is 5.51. The maximum Gasteiger partial charge on any atom is 0.264 e. The molecule has 1 heterocycles. The molecule has 6 heteroatoms. The molecule has 0 fully saturated rings. The lowest BCUT2D eigenvalue weighted by atomic mass is 10.1. The van der Waals surface area contributed by atoms with Crippen LogP contribution in [0.3, 0.4) is 0 Å². The van der Waals surface area contributed by atoms with Crippen molar-refractivity contribution in [1.29, 1.82) is 0 Å². The largest absolute Gasteiger partial charge is 0.483 e. The van der Waals surface area contributed by atoms with Crippen LogP contribution in [0.15, 0.2) is 16.7 Å². The molecular formula is C16H24ClN3O2. The zero-order chi connectivity index (χ0) is 15.4. The molecule has 0 aliphatic carbocycles. The molecule has 0 saturated heterocycles. The summed E-state index contributed by atoms with van der Waals surface area (Å²) >= 11 is 0. The summed E-state index contributed by atoms with van der Waals surface area (Å²) < 4.78 is 11.1. The second-order valence-corrected chi connectivity index (χ2v) is 5.51. The highest BCUT2D eigenvalue weighted by Crippen LogP contribution is 2.25. The van der Waals surface area contributed by atoms with Gasteiger partial charge in [-0.1, -0.05) is 22.9 Å². The molecule has 1 atom stereocenters. The number of halogens is 1. The highest BCUT2D eigenvalue weighted by Gasteiger charge is 2.11. The lowest BCUT2D eigenvalue weighted by molar-refractivity contribution is 0.240. The van der Waals surface area contributed by atoms with Gasteiger partial charge in [0.15, 0.2) is 12.4 Å². The van der Waals surface area contributed by atoms with Gasteiger partial charge in [-0.05, 0) is 45.9 Å². The molecule has 5 nitrogen and oxygen atoms in total. The predicted octanol–water partition coefficient (Wildman–Crippen LogP) is 3.15. The third-order valence-electron chi connectivity index (χ3n) is 3.44. The van der Waals surface area contributed by atoms with Crippen LogP contribution in [0.2, 0.25) is 0 Å². The van der Waals surface area contributed by atoms with Crippen molar-refractivity contribution in [2.75, 3.05) is 7.05 Å². The SMILES string of the molecule is CNC(C)Cc1noc(COc2c(C)cc(C)cc2C)n1.Cl. The number of ether oxygens (including phenoxy) is 1. The van der Waals surface area contributed by atoms with Crippen molar-refractivity contribution in [3.8, 4) is 5.75 Å². The Morgan fingerprint density at radius 2 is 1.86 bits per heavy atom. The lowest BCUT2D eigenvalue weighted by Gasteiger charge is -2.11. The summed E-state index contributed by atoms with van der Waals surface area (Å²) in [5.74, 6) is 2.10. The van der Waals surface area contributed by atoms with E-state index in [-0.39, 0.29) is 12.4 Å². The Kier molecular flexibility index (Phi) is 6.84. The number of hydrogen-bond acceptors (Lipinski definition) is 5. The molecule has 0 spiro atoms. The number of aryl methyl sites for hydroxylation is 3. The molecule has 0 saturated carbocycles. The lowest BCUT2D eigenvalue weighted by Crippen LogP contribution is -2.24. The minimum Gasteiger partial charge on any atom is -0.483 e. The van der Waals surface area contributed by atoms with E-state index in [9.17, 15) is 0 Å². The molecule has 122 valence electrons. The number of nitrogens with one attached hydrogen (secondary N) is 1. The molecule has 2 aromatic rings. The summed E-state index contributed by atoms with van der Waals surface area (Å²) in [4.78, 5) is 4.35. The molecule has 0 aliphatic heterocycles. The second kappa shape index (κ2) is 8.15. The average Bonchev–Trinajstić information content (AvgIpc) is 2.85. The Labute approximate surface area is 137 Å². The van der Waals surface area contributed by atoms with Crippen LogP contribution in [-0.4, -0.2) is 23.2 Å². The first kappa shape index (κ1) is 18.5. The first-order valence-corrected chi connectivity index (χ1v) is 7.19. The van der Waals surface area contributed by atoms with E-state index in [1.807, 2.05) is 20.9 Å². The van der Waals surface area contributed by atoms with Crippen LogP contribution >= 0.6 is 12.4 Å². The number of nitrogens with zero attached hydrogens (tertiary/aromatic N) is 2. The summed E-state index contributed by atoms with van der Waals surface area (Å²) in [7, 11) is 1.91. The molecule has 0 bridgehead atoms. The minimum absolute atomic E-state index is 0. The van der Waals surface area contributed by atoms with E-state index < -0.39 is 0 Å².